The minimum Gasteiger partial charge on any atom is -0.360 e. The maximum atomic E-state index is 12.4. The minimum atomic E-state index is -3.13. The lowest BCUT2D eigenvalue weighted by Gasteiger charge is -2.48. The van der Waals surface area contributed by atoms with E-state index in [-0.39, 0.29) is 23.0 Å². The van der Waals surface area contributed by atoms with Crippen LogP contribution in [0.5, 0.6) is 0 Å². The fourth-order valence-electron chi connectivity index (χ4n) is 3.53. The molecule has 2 aromatic heterocycles. The lowest BCUT2D eigenvalue weighted by Crippen LogP contribution is -2.49. The fourth-order valence-corrected chi connectivity index (χ4v) is 5.21. The van der Waals surface area contributed by atoms with Gasteiger partial charge in [0.25, 0.3) is 5.91 Å². The monoisotopic (exact) mass is 395 g/mol. The zero-order valence-electron chi connectivity index (χ0n) is 15.4. The van der Waals surface area contributed by atoms with Gasteiger partial charge in [0, 0.05) is 43.9 Å². The molecule has 0 bridgehead atoms. The maximum absolute atomic E-state index is 12.4. The number of nitrogens with one attached hydrogen (secondary N) is 1. The summed E-state index contributed by atoms with van der Waals surface area (Å²) in [6.07, 6.45) is 6.59. The van der Waals surface area contributed by atoms with Crippen LogP contribution in [-0.2, 0) is 7.05 Å². The molecule has 1 aliphatic heterocycles. The number of nitrogens with zero attached hydrogens (tertiary/aromatic N) is 4. The van der Waals surface area contributed by atoms with E-state index in [0.29, 0.717) is 31.0 Å². The molecule has 3 N–H and O–H groups in total. The van der Waals surface area contributed by atoms with Gasteiger partial charge in [-0.2, -0.15) is 4.31 Å². The van der Waals surface area contributed by atoms with E-state index in [2.05, 4.69) is 15.5 Å². The van der Waals surface area contributed by atoms with Gasteiger partial charge in [-0.15, -0.1) is 0 Å². The maximum Gasteiger partial charge on any atom is 0.273 e. The lowest BCUT2D eigenvalue weighted by atomic mass is 10.0. The first-order valence-corrected chi connectivity index (χ1v) is 10.7. The summed E-state index contributed by atoms with van der Waals surface area (Å²) in [6, 6.07) is 1.56. The van der Waals surface area contributed by atoms with Gasteiger partial charge in [0.15, 0.2) is 10.7 Å². The van der Waals surface area contributed by atoms with Crippen molar-refractivity contribution in [3.8, 4) is 0 Å². The van der Waals surface area contributed by atoms with Gasteiger partial charge in [0.05, 0.1) is 6.33 Å². The van der Waals surface area contributed by atoms with Crippen molar-refractivity contribution in [2.45, 2.75) is 55.6 Å². The highest BCUT2D eigenvalue weighted by atomic mass is 32.3. The molecule has 148 valence electrons. The number of piperidine rings is 1. The lowest BCUT2D eigenvalue weighted by molar-refractivity contribution is 0.0903. The summed E-state index contributed by atoms with van der Waals surface area (Å²) in [7, 11) is -1.34. The van der Waals surface area contributed by atoms with Crippen LogP contribution in [0.1, 0.15) is 54.8 Å². The number of aryl methyl sites for hydroxylation is 1. The third-order valence-electron chi connectivity index (χ3n) is 5.18. The molecule has 2 aromatic rings. The van der Waals surface area contributed by atoms with Gasteiger partial charge in [0.2, 0.25) is 0 Å². The van der Waals surface area contributed by atoms with Crippen molar-refractivity contribution in [3.63, 3.8) is 0 Å². The Morgan fingerprint density at radius 1 is 1.37 bits per heavy atom. The molecule has 1 saturated heterocycles. The van der Waals surface area contributed by atoms with Crippen LogP contribution in [-0.4, -0.2) is 52.7 Å². The van der Waals surface area contributed by atoms with Gasteiger partial charge in [-0.05, 0) is 32.6 Å². The molecular formula is C17H25N5O4S. The van der Waals surface area contributed by atoms with E-state index in [0.717, 1.165) is 18.6 Å². The molecule has 4 rings (SSSR count). The standard InChI is InChI=1S/C17H25N5O4S/c1-11-7-13(19-17(23)14-8-15(26-20-14)12-3-4-12)5-6-22(11)27(24,25)16-9-21(2)10-18-16/h8-13,24-25H,3-7H2,1-2H3,(H,19,23)/t11-,13-/m1/s1. The second-order valence-electron chi connectivity index (χ2n) is 7.47. The van der Waals surface area contributed by atoms with E-state index in [1.807, 2.05) is 6.92 Å². The number of imidazole rings is 1. The van der Waals surface area contributed by atoms with Gasteiger partial charge in [-0.25, -0.2) is 4.98 Å². The Kier molecular flexibility index (Phi) is 4.75. The van der Waals surface area contributed by atoms with Crippen molar-refractivity contribution in [2.24, 2.45) is 7.05 Å². The third-order valence-corrected chi connectivity index (χ3v) is 7.15. The topological polar surface area (TPSA) is 117 Å². The molecular weight excluding hydrogens is 370 g/mol. The zero-order valence-corrected chi connectivity index (χ0v) is 16.2. The highest BCUT2D eigenvalue weighted by molar-refractivity contribution is 8.22. The minimum absolute atomic E-state index is 0.0521. The normalized spacial score (nSPS) is 24.7. The highest BCUT2D eigenvalue weighted by Crippen LogP contribution is 2.53. The molecule has 9 nitrogen and oxygen atoms in total. The summed E-state index contributed by atoms with van der Waals surface area (Å²) in [5.41, 5.74) is 0.310. The van der Waals surface area contributed by atoms with Crippen molar-refractivity contribution in [3.05, 3.63) is 30.0 Å². The van der Waals surface area contributed by atoms with Crippen LogP contribution in [0, 0.1) is 0 Å². The van der Waals surface area contributed by atoms with Crippen molar-refractivity contribution in [2.75, 3.05) is 6.54 Å². The Hall–Kier alpha value is -1.88. The van der Waals surface area contributed by atoms with E-state index in [1.54, 1.807) is 34.5 Å². The Morgan fingerprint density at radius 2 is 2.15 bits per heavy atom. The number of carbonyl (C=O) groups is 1. The molecule has 1 amide bonds. The van der Waals surface area contributed by atoms with E-state index in [1.165, 1.54) is 0 Å². The first-order valence-electron chi connectivity index (χ1n) is 9.15. The largest absolute Gasteiger partial charge is 0.360 e. The van der Waals surface area contributed by atoms with E-state index < -0.39 is 10.8 Å². The summed E-state index contributed by atoms with van der Waals surface area (Å²) < 4.78 is 30.0. The number of hydrogen-bond donors (Lipinski definition) is 3. The molecule has 0 unspecified atom stereocenters. The van der Waals surface area contributed by atoms with Gasteiger partial charge in [0.1, 0.15) is 5.76 Å². The molecule has 1 aliphatic carbocycles. The van der Waals surface area contributed by atoms with Crippen LogP contribution in [0.25, 0.3) is 0 Å². The van der Waals surface area contributed by atoms with E-state index >= 15 is 0 Å². The summed E-state index contributed by atoms with van der Waals surface area (Å²) in [6.45, 7) is 2.38. The van der Waals surface area contributed by atoms with E-state index in [9.17, 15) is 13.9 Å². The van der Waals surface area contributed by atoms with Crippen LogP contribution in [0.2, 0.25) is 0 Å². The first-order chi connectivity index (χ1) is 12.8. The average molecular weight is 395 g/mol. The highest BCUT2D eigenvalue weighted by Gasteiger charge is 2.37. The predicted molar refractivity (Wildman–Crippen MR) is 99.5 cm³/mol. The molecule has 27 heavy (non-hydrogen) atoms. The first kappa shape index (κ1) is 18.5. The molecule has 3 heterocycles. The van der Waals surface area contributed by atoms with Crippen LogP contribution < -0.4 is 5.32 Å². The van der Waals surface area contributed by atoms with E-state index in [4.69, 9.17) is 4.52 Å². The predicted octanol–water partition coefficient (Wildman–Crippen LogP) is 2.59. The molecule has 2 aliphatic rings. The number of aromatic nitrogens is 3. The van der Waals surface area contributed by atoms with Crippen LogP contribution in [0.3, 0.4) is 0 Å². The number of hydrogen-bond acceptors (Lipinski definition) is 7. The second-order valence-corrected chi connectivity index (χ2v) is 9.39. The summed E-state index contributed by atoms with van der Waals surface area (Å²) in [5.74, 6) is 0.958. The van der Waals surface area contributed by atoms with Crippen LogP contribution >= 0.6 is 10.8 Å². The van der Waals surface area contributed by atoms with Gasteiger partial charge in [-0.3, -0.25) is 13.9 Å². The van der Waals surface area contributed by atoms with Crippen LogP contribution in [0.15, 0.2) is 28.1 Å². The molecule has 1 saturated carbocycles. The zero-order chi connectivity index (χ0) is 19.2. The van der Waals surface area contributed by atoms with Crippen molar-refractivity contribution >= 4 is 16.7 Å². The fraction of sp³-hybridized carbons (Fsp3) is 0.588. The van der Waals surface area contributed by atoms with Crippen molar-refractivity contribution in [1.29, 1.82) is 0 Å². The smallest absolute Gasteiger partial charge is 0.273 e. The molecule has 0 spiro atoms. The average Bonchev–Trinajstić information content (AvgIpc) is 3.16. The summed E-state index contributed by atoms with van der Waals surface area (Å²) >= 11 is 0. The number of rotatable bonds is 5. The molecule has 0 aromatic carbocycles. The van der Waals surface area contributed by atoms with Gasteiger partial charge >= 0.3 is 0 Å². The molecule has 10 heteroatoms. The SMILES string of the molecule is C[C@@H]1C[C@H](NC(=O)c2cc(C3CC3)on2)CCN1S(O)(O)c1cn(C)cn1. The molecule has 0 radical (unpaired) electrons. The van der Waals surface area contributed by atoms with Gasteiger partial charge < -0.3 is 14.4 Å². The van der Waals surface area contributed by atoms with Crippen LogP contribution in [0.4, 0.5) is 0 Å². The summed E-state index contributed by atoms with van der Waals surface area (Å²) in [4.78, 5) is 16.5. The quantitative estimate of drug-likeness (QED) is 0.712. The number of amides is 1. The Balaban J connectivity index is 1.37. The Labute approximate surface area is 159 Å². The molecule has 2 atom stereocenters. The Morgan fingerprint density at radius 3 is 2.78 bits per heavy atom. The van der Waals surface area contributed by atoms with Gasteiger partial charge in [-0.1, -0.05) is 15.9 Å². The third kappa shape index (κ3) is 3.75. The number of carbonyl (C=O) groups excluding carboxylic acids is 1. The second kappa shape index (κ2) is 6.93. The van der Waals surface area contributed by atoms with Crippen molar-refractivity contribution < 1.29 is 18.4 Å². The molecule has 2 fully saturated rings. The Bertz CT molecular complexity index is 831. The van der Waals surface area contributed by atoms with Crippen molar-refractivity contribution in [1.82, 2.24) is 24.3 Å². The summed E-state index contributed by atoms with van der Waals surface area (Å²) in [5, 5.41) is 7.14.